The van der Waals surface area contributed by atoms with E-state index in [1.165, 1.54) is 12.6 Å². The molecule has 1 fully saturated rings. The third-order valence-corrected chi connectivity index (χ3v) is 2.15. The van der Waals surface area contributed by atoms with Crippen molar-refractivity contribution < 1.29 is 5.11 Å². The Kier molecular flexibility index (Phi) is 6.01. The third kappa shape index (κ3) is 3.08. The second kappa shape index (κ2) is 6.51. The molecule has 0 saturated heterocycles. The maximum atomic E-state index is 8.79. The lowest BCUT2D eigenvalue weighted by Crippen LogP contribution is -2.45. The zero-order valence-corrected chi connectivity index (χ0v) is 7.95. The van der Waals surface area contributed by atoms with Gasteiger partial charge in [-0.1, -0.05) is 0 Å². The molecule has 0 unspecified atom stereocenters. The second-order valence-corrected chi connectivity index (χ2v) is 2.81. The Morgan fingerprint density at radius 2 is 2.08 bits per heavy atom. The molecule has 1 aliphatic carbocycles. The number of rotatable bonds is 3. The molecule has 0 aliphatic heterocycles. The fourth-order valence-electron chi connectivity index (χ4n) is 1.12. The number of nitrogens with zero attached hydrogens (tertiary/aromatic N) is 1. The molecule has 0 aromatic rings. The van der Waals surface area contributed by atoms with Gasteiger partial charge in [0.1, 0.15) is 0 Å². The number of aliphatic hydroxyl groups excluding tert-OH is 1. The Bertz CT molecular complexity index is 166. The van der Waals surface area contributed by atoms with Crippen molar-refractivity contribution in [2.45, 2.75) is 25.3 Å². The minimum absolute atomic E-state index is 0.0799. The molecule has 0 aromatic heterocycles. The standard InChI is InChI=1S/C7H15N3O.C2H4/c8-4-7(5-11)10(9)6-2-1-3-6;1-2/h4,6,11H,1-3,5,8-9H2;1-2H2/b7-4-;. The van der Waals surface area contributed by atoms with Gasteiger partial charge < -0.3 is 15.8 Å². The number of hydrogen-bond donors (Lipinski definition) is 3. The van der Waals surface area contributed by atoms with E-state index in [2.05, 4.69) is 13.2 Å². The molecule has 0 spiro atoms. The highest BCUT2D eigenvalue weighted by Gasteiger charge is 2.23. The predicted molar refractivity (Wildman–Crippen MR) is 54.3 cm³/mol. The van der Waals surface area contributed by atoms with Gasteiger partial charge >= 0.3 is 0 Å². The summed E-state index contributed by atoms with van der Waals surface area (Å²) in [7, 11) is 0. The largest absolute Gasteiger partial charge is 0.403 e. The summed E-state index contributed by atoms with van der Waals surface area (Å²) in [5.74, 6) is 5.67. The Morgan fingerprint density at radius 3 is 2.31 bits per heavy atom. The van der Waals surface area contributed by atoms with Crippen LogP contribution in [0.4, 0.5) is 0 Å². The molecular weight excluding hydrogens is 166 g/mol. The lowest BCUT2D eigenvalue weighted by molar-refractivity contribution is 0.145. The first-order valence-electron chi connectivity index (χ1n) is 4.35. The molecule has 0 aromatic carbocycles. The van der Waals surface area contributed by atoms with Crippen LogP contribution in [0.5, 0.6) is 0 Å². The van der Waals surface area contributed by atoms with Gasteiger partial charge in [-0.3, -0.25) is 0 Å². The summed E-state index contributed by atoms with van der Waals surface area (Å²) in [5, 5.41) is 10.4. The van der Waals surface area contributed by atoms with Crippen LogP contribution in [0.3, 0.4) is 0 Å². The Hall–Kier alpha value is -1.00. The molecule has 13 heavy (non-hydrogen) atoms. The van der Waals surface area contributed by atoms with Crippen molar-refractivity contribution in [3.63, 3.8) is 0 Å². The Morgan fingerprint density at radius 1 is 1.54 bits per heavy atom. The van der Waals surface area contributed by atoms with Gasteiger partial charge in [0.05, 0.1) is 12.3 Å². The first-order valence-corrected chi connectivity index (χ1v) is 4.35. The molecule has 0 amide bonds. The first kappa shape index (κ1) is 12.0. The monoisotopic (exact) mass is 185 g/mol. The lowest BCUT2D eigenvalue weighted by Gasteiger charge is -2.36. The van der Waals surface area contributed by atoms with E-state index >= 15 is 0 Å². The average molecular weight is 185 g/mol. The van der Waals surface area contributed by atoms with Gasteiger partial charge in [0, 0.05) is 12.2 Å². The van der Waals surface area contributed by atoms with Crippen LogP contribution in [0.1, 0.15) is 19.3 Å². The molecule has 1 rings (SSSR count). The number of nitrogens with two attached hydrogens (primary N) is 2. The van der Waals surface area contributed by atoms with E-state index in [0.717, 1.165) is 12.8 Å². The predicted octanol–water partition coefficient (Wildman–Crippen LogP) is 0.309. The molecule has 5 N–H and O–H groups in total. The van der Waals surface area contributed by atoms with Crippen molar-refractivity contribution in [1.29, 1.82) is 0 Å². The van der Waals surface area contributed by atoms with Crippen molar-refractivity contribution in [3.8, 4) is 0 Å². The summed E-state index contributed by atoms with van der Waals surface area (Å²) < 4.78 is 0. The van der Waals surface area contributed by atoms with Crippen molar-refractivity contribution in [2.75, 3.05) is 6.61 Å². The average Bonchev–Trinajstić information content (AvgIpc) is 2.07. The van der Waals surface area contributed by atoms with Crippen LogP contribution in [0, 0.1) is 0 Å². The van der Waals surface area contributed by atoms with Crippen LogP contribution >= 0.6 is 0 Å². The normalized spacial score (nSPS) is 16.9. The fraction of sp³-hybridized carbons (Fsp3) is 0.556. The second-order valence-electron chi connectivity index (χ2n) is 2.81. The number of hydrogen-bond acceptors (Lipinski definition) is 4. The number of aliphatic hydroxyl groups is 1. The quantitative estimate of drug-likeness (QED) is 0.336. The topological polar surface area (TPSA) is 75.5 Å². The van der Waals surface area contributed by atoms with Gasteiger partial charge in [-0.05, 0) is 19.3 Å². The van der Waals surface area contributed by atoms with Crippen LogP contribution in [-0.4, -0.2) is 22.8 Å². The Labute approximate surface area is 79.5 Å². The molecule has 0 heterocycles. The summed E-state index contributed by atoms with van der Waals surface area (Å²) in [4.78, 5) is 0. The SMILES string of the molecule is C=C.N/C=C(/CO)N(N)C1CCC1. The van der Waals surface area contributed by atoms with Crippen LogP contribution in [0.25, 0.3) is 0 Å². The lowest BCUT2D eigenvalue weighted by atomic mass is 9.92. The van der Waals surface area contributed by atoms with E-state index in [-0.39, 0.29) is 6.61 Å². The highest BCUT2D eigenvalue weighted by molar-refractivity contribution is 5.00. The van der Waals surface area contributed by atoms with Crippen molar-refractivity contribution in [3.05, 3.63) is 25.1 Å². The van der Waals surface area contributed by atoms with E-state index in [4.69, 9.17) is 16.7 Å². The maximum absolute atomic E-state index is 8.79. The highest BCUT2D eigenvalue weighted by Crippen LogP contribution is 2.24. The molecule has 1 saturated carbocycles. The van der Waals surface area contributed by atoms with E-state index in [9.17, 15) is 0 Å². The van der Waals surface area contributed by atoms with Crippen molar-refractivity contribution >= 4 is 0 Å². The summed E-state index contributed by atoms with van der Waals surface area (Å²) in [6.07, 6.45) is 4.79. The molecule has 0 bridgehead atoms. The zero-order valence-electron chi connectivity index (χ0n) is 7.95. The summed E-state index contributed by atoms with van der Waals surface area (Å²) in [6.45, 7) is 5.92. The van der Waals surface area contributed by atoms with Gasteiger partial charge in [0.15, 0.2) is 0 Å². The molecule has 0 atom stereocenters. The van der Waals surface area contributed by atoms with Crippen molar-refractivity contribution in [2.24, 2.45) is 11.6 Å². The Balaban J connectivity index is 0.000000671. The minimum atomic E-state index is -0.0799. The molecule has 4 nitrogen and oxygen atoms in total. The van der Waals surface area contributed by atoms with E-state index < -0.39 is 0 Å². The van der Waals surface area contributed by atoms with Gasteiger partial charge in [-0.25, -0.2) is 5.84 Å². The van der Waals surface area contributed by atoms with Gasteiger partial charge in [-0.15, -0.1) is 13.2 Å². The van der Waals surface area contributed by atoms with Crippen molar-refractivity contribution in [1.82, 2.24) is 5.01 Å². The van der Waals surface area contributed by atoms with Crippen LogP contribution < -0.4 is 11.6 Å². The molecule has 4 heteroatoms. The van der Waals surface area contributed by atoms with Gasteiger partial charge in [-0.2, -0.15) is 0 Å². The maximum Gasteiger partial charge on any atom is 0.0858 e. The molecule has 0 radical (unpaired) electrons. The van der Waals surface area contributed by atoms with Crippen LogP contribution in [0.2, 0.25) is 0 Å². The zero-order chi connectivity index (χ0) is 10.3. The number of hydrazine groups is 1. The van der Waals surface area contributed by atoms with Gasteiger partial charge in [0.2, 0.25) is 0 Å². The van der Waals surface area contributed by atoms with Gasteiger partial charge in [0.25, 0.3) is 0 Å². The van der Waals surface area contributed by atoms with Crippen LogP contribution in [0.15, 0.2) is 25.1 Å². The highest BCUT2D eigenvalue weighted by atomic mass is 16.3. The van der Waals surface area contributed by atoms with Crippen LogP contribution in [-0.2, 0) is 0 Å². The third-order valence-electron chi connectivity index (χ3n) is 2.15. The molecule has 1 aliphatic rings. The molecule has 76 valence electrons. The first-order chi connectivity index (χ1) is 6.29. The summed E-state index contributed by atoms with van der Waals surface area (Å²) in [6, 6.07) is 0.386. The van der Waals surface area contributed by atoms with E-state index in [0.29, 0.717) is 11.7 Å². The van der Waals surface area contributed by atoms with E-state index in [1.807, 2.05) is 0 Å². The summed E-state index contributed by atoms with van der Waals surface area (Å²) in [5.41, 5.74) is 5.86. The fourth-order valence-corrected chi connectivity index (χ4v) is 1.12. The smallest absolute Gasteiger partial charge is 0.0858 e. The van der Waals surface area contributed by atoms with E-state index in [1.54, 1.807) is 5.01 Å². The molecular formula is C9H19N3O. The summed E-state index contributed by atoms with van der Waals surface area (Å²) >= 11 is 0. The minimum Gasteiger partial charge on any atom is -0.403 e.